The number of amides is 1. The van der Waals surface area contributed by atoms with Crippen LogP contribution in [0.25, 0.3) is 0 Å². The molecule has 0 radical (unpaired) electrons. The smallest absolute Gasteiger partial charge is 0.408 e. The molecule has 0 aliphatic heterocycles. The molecule has 8 nitrogen and oxygen atoms in total. The van der Waals surface area contributed by atoms with Crippen molar-refractivity contribution in [3.63, 3.8) is 0 Å². The molecule has 0 rings (SSSR count). The van der Waals surface area contributed by atoms with Gasteiger partial charge in [0.15, 0.2) is 0 Å². The second kappa shape index (κ2) is 7.83. The van der Waals surface area contributed by atoms with Crippen LogP contribution in [0.5, 0.6) is 0 Å². The molecule has 0 saturated carbocycles. The van der Waals surface area contributed by atoms with Crippen molar-refractivity contribution in [1.29, 1.82) is 0 Å². The molecular weight excluding hydrogens is 318 g/mol. The normalized spacial score (nSPS) is 13.8. The Labute approximate surface area is 142 Å². The van der Waals surface area contributed by atoms with Crippen LogP contribution in [0.15, 0.2) is 0 Å². The summed E-state index contributed by atoms with van der Waals surface area (Å²) in [6, 6.07) is -1.39. The Morgan fingerprint density at radius 3 is 1.88 bits per heavy atom. The summed E-state index contributed by atoms with van der Waals surface area (Å²) in [5.74, 6) is -2.18. The predicted octanol–water partition coefficient (Wildman–Crippen LogP) is 1.84. The zero-order chi connectivity index (χ0) is 19.3. The Kier molecular flexibility index (Phi) is 7.23. The molecular formula is C16H29NO7. The quantitative estimate of drug-likeness (QED) is 0.601. The van der Waals surface area contributed by atoms with E-state index in [1.165, 1.54) is 0 Å². The molecule has 8 heteroatoms. The lowest BCUT2D eigenvalue weighted by Gasteiger charge is -2.32. The molecule has 0 aliphatic rings. The van der Waals surface area contributed by atoms with E-state index in [2.05, 4.69) is 5.32 Å². The summed E-state index contributed by atoms with van der Waals surface area (Å²) < 4.78 is 10.3. The maximum absolute atomic E-state index is 12.2. The molecule has 3 N–H and O–H groups in total. The molecule has 0 aromatic carbocycles. The number of aliphatic carboxylic acids is 1. The van der Waals surface area contributed by atoms with E-state index in [1.807, 2.05) is 0 Å². The van der Waals surface area contributed by atoms with Gasteiger partial charge < -0.3 is 25.0 Å². The van der Waals surface area contributed by atoms with Crippen molar-refractivity contribution >= 4 is 18.0 Å². The number of hydrogen-bond acceptors (Lipinski definition) is 6. The molecule has 0 aliphatic carbocycles. The summed E-state index contributed by atoms with van der Waals surface area (Å²) >= 11 is 0. The SMILES string of the molecule is CC(C)(O)CC(C)(C)OC(=O)C(CC(=O)O)NC(=O)OC(C)(C)C. The Balaban J connectivity index is 5.01. The van der Waals surface area contributed by atoms with Crippen molar-refractivity contribution in [3.05, 3.63) is 0 Å². The molecule has 0 bridgehead atoms. The van der Waals surface area contributed by atoms with E-state index in [-0.39, 0.29) is 6.42 Å². The number of esters is 1. The summed E-state index contributed by atoms with van der Waals surface area (Å²) in [7, 11) is 0. The third kappa shape index (κ3) is 10.8. The Morgan fingerprint density at radius 1 is 1.00 bits per heavy atom. The predicted molar refractivity (Wildman–Crippen MR) is 86.5 cm³/mol. The summed E-state index contributed by atoms with van der Waals surface area (Å²) in [5, 5.41) is 21.0. The topological polar surface area (TPSA) is 122 Å². The molecule has 1 unspecified atom stereocenters. The molecule has 140 valence electrons. The number of carboxylic acid groups (broad SMARTS) is 1. The van der Waals surface area contributed by atoms with E-state index >= 15 is 0 Å². The van der Waals surface area contributed by atoms with Gasteiger partial charge in [-0.05, 0) is 48.5 Å². The van der Waals surface area contributed by atoms with Crippen molar-refractivity contribution < 1.29 is 34.1 Å². The van der Waals surface area contributed by atoms with Gasteiger partial charge in [0, 0.05) is 6.42 Å². The fourth-order valence-corrected chi connectivity index (χ4v) is 2.24. The average molecular weight is 347 g/mol. The summed E-state index contributed by atoms with van der Waals surface area (Å²) in [4.78, 5) is 35.0. The van der Waals surface area contributed by atoms with Crippen LogP contribution in [0.4, 0.5) is 4.79 Å². The van der Waals surface area contributed by atoms with Gasteiger partial charge in [-0.1, -0.05) is 0 Å². The van der Waals surface area contributed by atoms with Crippen LogP contribution >= 0.6 is 0 Å². The molecule has 0 fully saturated rings. The molecule has 0 aromatic heterocycles. The van der Waals surface area contributed by atoms with Crippen molar-refractivity contribution in [3.8, 4) is 0 Å². The second-order valence-corrected chi connectivity index (χ2v) is 7.97. The Hall–Kier alpha value is -1.83. The van der Waals surface area contributed by atoms with Gasteiger partial charge in [0.25, 0.3) is 0 Å². The van der Waals surface area contributed by atoms with E-state index in [4.69, 9.17) is 14.6 Å². The first-order valence-electron chi connectivity index (χ1n) is 7.67. The minimum Gasteiger partial charge on any atom is -0.481 e. The van der Waals surface area contributed by atoms with Crippen LogP contribution in [0.3, 0.4) is 0 Å². The monoisotopic (exact) mass is 347 g/mol. The number of rotatable bonds is 7. The minimum absolute atomic E-state index is 0.137. The Bertz CT molecular complexity index is 472. The standard InChI is InChI=1S/C16H29NO7/c1-14(2,3)24-13(21)17-10(8-11(18)19)12(20)23-16(6,7)9-15(4,5)22/h10,22H,8-9H2,1-7H3,(H,17,21)(H,18,19). The summed E-state index contributed by atoms with van der Waals surface area (Å²) in [6.07, 6.45) is -1.42. The van der Waals surface area contributed by atoms with Crippen molar-refractivity contribution in [2.75, 3.05) is 0 Å². The van der Waals surface area contributed by atoms with Crippen LogP contribution in [0.2, 0.25) is 0 Å². The fourth-order valence-electron chi connectivity index (χ4n) is 2.24. The van der Waals surface area contributed by atoms with Gasteiger partial charge >= 0.3 is 18.0 Å². The van der Waals surface area contributed by atoms with E-state index in [0.717, 1.165) is 0 Å². The number of nitrogens with one attached hydrogen (secondary N) is 1. The molecule has 0 spiro atoms. The molecule has 0 saturated heterocycles. The third-order valence-corrected chi connectivity index (χ3v) is 2.59. The molecule has 24 heavy (non-hydrogen) atoms. The minimum atomic E-state index is -1.39. The van der Waals surface area contributed by atoms with Gasteiger partial charge in [-0.15, -0.1) is 0 Å². The van der Waals surface area contributed by atoms with Crippen LogP contribution in [-0.2, 0) is 19.1 Å². The van der Waals surface area contributed by atoms with Crippen LogP contribution in [0.1, 0.15) is 61.3 Å². The van der Waals surface area contributed by atoms with Gasteiger partial charge in [-0.2, -0.15) is 0 Å². The van der Waals surface area contributed by atoms with Gasteiger partial charge in [-0.25, -0.2) is 9.59 Å². The van der Waals surface area contributed by atoms with Crippen molar-refractivity contribution in [1.82, 2.24) is 5.32 Å². The third-order valence-electron chi connectivity index (χ3n) is 2.59. The van der Waals surface area contributed by atoms with E-state index in [1.54, 1.807) is 48.5 Å². The lowest BCUT2D eigenvalue weighted by molar-refractivity contribution is -0.165. The first-order valence-corrected chi connectivity index (χ1v) is 7.67. The molecule has 0 aromatic rings. The maximum atomic E-state index is 12.2. The molecule has 0 heterocycles. The summed E-state index contributed by atoms with van der Waals surface area (Å²) in [5.41, 5.74) is -2.91. The molecule has 1 atom stereocenters. The number of aliphatic hydroxyl groups is 1. The van der Waals surface area contributed by atoms with Crippen LogP contribution in [-0.4, -0.2) is 51.1 Å². The van der Waals surface area contributed by atoms with Crippen LogP contribution < -0.4 is 5.32 Å². The highest BCUT2D eigenvalue weighted by Crippen LogP contribution is 2.24. The maximum Gasteiger partial charge on any atom is 0.408 e. The molecule has 1 amide bonds. The summed E-state index contributed by atoms with van der Waals surface area (Å²) in [6.45, 7) is 11.2. The Morgan fingerprint density at radius 2 is 1.50 bits per heavy atom. The van der Waals surface area contributed by atoms with E-state index < -0.39 is 47.3 Å². The number of carbonyl (C=O) groups excluding carboxylic acids is 2. The number of carboxylic acids is 1. The highest BCUT2D eigenvalue weighted by Gasteiger charge is 2.35. The van der Waals surface area contributed by atoms with Crippen molar-refractivity contribution in [2.45, 2.75) is 84.2 Å². The first-order chi connectivity index (χ1) is 10.5. The van der Waals surface area contributed by atoms with Gasteiger partial charge in [0.05, 0.1) is 12.0 Å². The average Bonchev–Trinajstić information content (AvgIpc) is 2.19. The number of ether oxygens (including phenoxy) is 2. The van der Waals surface area contributed by atoms with Crippen LogP contribution in [0, 0.1) is 0 Å². The van der Waals surface area contributed by atoms with Gasteiger partial charge in [-0.3, -0.25) is 4.79 Å². The fraction of sp³-hybridized carbons (Fsp3) is 0.812. The van der Waals surface area contributed by atoms with Crippen molar-refractivity contribution in [2.24, 2.45) is 0 Å². The zero-order valence-electron chi connectivity index (χ0n) is 15.4. The zero-order valence-corrected chi connectivity index (χ0v) is 15.4. The second-order valence-electron chi connectivity index (χ2n) is 7.97. The number of hydrogen-bond donors (Lipinski definition) is 3. The largest absolute Gasteiger partial charge is 0.481 e. The van der Waals surface area contributed by atoms with Gasteiger partial charge in [0.2, 0.25) is 0 Å². The first kappa shape index (κ1) is 22.2. The lowest BCUT2D eigenvalue weighted by Crippen LogP contribution is -2.48. The van der Waals surface area contributed by atoms with E-state index in [0.29, 0.717) is 0 Å². The lowest BCUT2D eigenvalue weighted by atomic mass is 9.92. The number of carbonyl (C=O) groups is 3. The van der Waals surface area contributed by atoms with E-state index in [9.17, 15) is 19.5 Å². The highest BCUT2D eigenvalue weighted by molar-refractivity contribution is 5.86. The van der Waals surface area contributed by atoms with Gasteiger partial charge in [0.1, 0.15) is 17.2 Å². The number of alkyl carbamates (subject to hydrolysis) is 1. The highest BCUT2D eigenvalue weighted by atomic mass is 16.6.